The summed E-state index contributed by atoms with van der Waals surface area (Å²) in [4.78, 5) is 42.0. The fraction of sp³-hybridized carbons (Fsp3) is 0.359. The van der Waals surface area contributed by atoms with Gasteiger partial charge in [0.05, 0.1) is 36.3 Å². The van der Waals surface area contributed by atoms with Crippen molar-refractivity contribution >= 4 is 34.3 Å². The van der Waals surface area contributed by atoms with Crippen LogP contribution in [0.15, 0.2) is 52.9 Å². The molecule has 0 bridgehead atoms. The monoisotopic (exact) mass is 686 g/mol. The summed E-state index contributed by atoms with van der Waals surface area (Å²) in [6.07, 6.45) is 2.62. The molecule has 8 rings (SSSR count). The zero-order valence-corrected chi connectivity index (χ0v) is 29.2. The molecule has 1 amide bonds. The van der Waals surface area contributed by atoms with Crippen LogP contribution in [-0.4, -0.2) is 74.4 Å². The Labute approximate surface area is 294 Å². The molecule has 5 aromatic rings. The molecule has 1 unspecified atom stereocenters. The van der Waals surface area contributed by atoms with Crippen LogP contribution in [0, 0.1) is 31.1 Å². The summed E-state index contributed by atoms with van der Waals surface area (Å²) in [5, 5.41) is 20.4. The molecule has 0 radical (unpaired) electrons. The largest absolute Gasteiger partial charge is 0.481 e. The number of fused-ring (bicyclic) bond motifs is 2. The molecule has 3 aliphatic rings. The number of oxazole rings is 1. The quantitative estimate of drug-likeness (QED) is 0.201. The van der Waals surface area contributed by atoms with Crippen molar-refractivity contribution < 1.29 is 19.1 Å². The Morgan fingerprint density at radius 2 is 1.74 bits per heavy atom. The first-order valence-corrected chi connectivity index (χ1v) is 18.0. The smallest absolute Gasteiger partial charge is 0.307 e. The second-order valence-electron chi connectivity index (χ2n) is 13.9. The van der Waals surface area contributed by atoms with Crippen LogP contribution in [0.4, 0.5) is 0 Å². The van der Waals surface area contributed by atoms with Crippen molar-refractivity contribution in [1.29, 1.82) is 5.26 Å². The summed E-state index contributed by atoms with van der Waals surface area (Å²) in [6, 6.07) is 18.4. The molecule has 50 heavy (non-hydrogen) atoms. The number of thiazole rings is 1. The number of hydrogen-bond acceptors (Lipinski definition) is 9. The van der Waals surface area contributed by atoms with Crippen molar-refractivity contribution in [1.82, 2.24) is 24.7 Å². The summed E-state index contributed by atoms with van der Waals surface area (Å²) in [6.45, 7) is 8.12. The van der Waals surface area contributed by atoms with Crippen molar-refractivity contribution in [2.45, 2.75) is 58.8 Å². The van der Waals surface area contributed by atoms with E-state index < -0.39 is 5.97 Å². The highest BCUT2D eigenvalue weighted by Crippen LogP contribution is 2.41. The van der Waals surface area contributed by atoms with E-state index in [1.54, 1.807) is 11.3 Å². The number of likely N-dealkylation sites (N-methyl/N-ethyl adjacent to an activating group) is 1. The maximum atomic E-state index is 13.2. The van der Waals surface area contributed by atoms with Gasteiger partial charge in [-0.15, -0.1) is 11.3 Å². The van der Waals surface area contributed by atoms with Crippen LogP contribution < -0.4 is 0 Å². The van der Waals surface area contributed by atoms with Crippen LogP contribution >= 0.6 is 11.3 Å². The number of nitriles is 1. The fourth-order valence-electron chi connectivity index (χ4n) is 7.88. The van der Waals surface area contributed by atoms with E-state index in [1.807, 2.05) is 36.2 Å². The number of rotatable bonds is 7. The first-order valence-electron chi connectivity index (χ1n) is 17.1. The highest BCUT2D eigenvalue weighted by atomic mass is 32.1. The summed E-state index contributed by atoms with van der Waals surface area (Å²) in [7, 11) is 2.04. The summed E-state index contributed by atoms with van der Waals surface area (Å²) in [5.74, 6) is -0.457. The number of nitrogens with zero attached hydrogens (tertiary/aromatic N) is 6. The van der Waals surface area contributed by atoms with E-state index in [9.17, 15) is 20.0 Å². The van der Waals surface area contributed by atoms with Gasteiger partial charge >= 0.3 is 5.97 Å². The minimum absolute atomic E-state index is 0.0165. The summed E-state index contributed by atoms with van der Waals surface area (Å²) < 4.78 is 6.28. The number of amides is 1. The average Bonchev–Trinajstić information content (AvgIpc) is 3.93. The first kappa shape index (κ1) is 32.3. The van der Waals surface area contributed by atoms with Gasteiger partial charge in [0.2, 0.25) is 11.8 Å². The van der Waals surface area contributed by atoms with Gasteiger partial charge in [0.25, 0.3) is 0 Å². The predicted octanol–water partition coefficient (Wildman–Crippen LogP) is 6.62. The fourth-order valence-corrected chi connectivity index (χ4v) is 9.05. The highest BCUT2D eigenvalue weighted by molar-refractivity contribution is 7.15. The third-order valence-electron chi connectivity index (χ3n) is 10.7. The van der Waals surface area contributed by atoms with Crippen LogP contribution in [-0.2, 0) is 29.2 Å². The molecule has 3 aliphatic heterocycles. The number of carbonyl (C=O) groups excluding carboxylic acids is 1. The number of benzene rings is 3. The van der Waals surface area contributed by atoms with E-state index in [1.165, 1.54) is 0 Å². The lowest BCUT2D eigenvalue weighted by molar-refractivity contribution is -0.141. The molecular formula is C39H38N6O4S. The predicted molar refractivity (Wildman–Crippen MR) is 191 cm³/mol. The third kappa shape index (κ3) is 5.67. The van der Waals surface area contributed by atoms with Gasteiger partial charge in [-0.25, -0.2) is 9.97 Å². The van der Waals surface area contributed by atoms with Crippen LogP contribution in [0.2, 0.25) is 0 Å². The van der Waals surface area contributed by atoms with Gasteiger partial charge in [0.1, 0.15) is 16.6 Å². The van der Waals surface area contributed by atoms with Crippen LogP contribution in [0.3, 0.4) is 0 Å². The van der Waals surface area contributed by atoms with Crippen LogP contribution in [0.25, 0.3) is 44.3 Å². The van der Waals surface area contributed by atoms with Crippen molar-refractivity contribution in [3.63, 3.8) is 0 Å². The highest BCUT2D eigenvalue weighted by Gasteiger charge is 2.35. The molecule has 0 saturated carbocycles. The number of carboxylic acids is 1. The molecule has 2 fully saturated rings. The minimum Gasteiger partial charge on any atom is -0.481 e. The summed E-state index contributed by atoms with van der Waals surface area (Å²) in [5.41, 5.74) is 9.62. The van der Waals surface area contributed by atoms with E-state index >= 15 is 0 Å². The van der Waals surface area contributed by atoms with Crippen LogP contribution in [0.1, 0.15) is 52.1 Å². The molecule has 2 atom stereocenters. The zero-order chi connectivity index (χ0) is 34.7. The number of likely N-dealkylation sites (tertiary alicyclic amines) is 2. The molecule has 0 aliphatic carbocycles. The molecule has 2 saturated heterocycles. The molecule has 5 heterocycles. The lowest BCUT2D eigenvalue weighted by Gasteiger charge is -2.24. The van der Waals surface area contributed by atoms with Gasteiger partial charge in [0.15, 0.2) is 5.58 Å². The second-order valence-corrected chi connectivity index (χ2v) is 14.9. The number of hydrogen-bond donors (Lipinski definition) is 1. The van der Waals surface area contributed by atoms with Gasteiger partial charge in [0, 0.05) is 29.1 Å². The normalized spacial score (nSPS) is 19.4. The van der Waals surface area contributed by atoms with E-state index in [0.717, 1.165) is 73.9 Å². The molecule has 10 nitrogen and oxygen atoms in total. The minimum atomic E-state index is -0.763. The number of carbonyl (C=O) groups is 2. The van der Waals surface area contributed by atoms with Gasteiger partial charge in [-0.05, 0) is 99.3 Å². The van der Waals surface area contributed by atoms with E-state index in [2.05, 4.69) is 54.0 Å². The maximum Gasteiger partial charge on any atom is 0.307 e. The van der Waals surface area contributed by atoms with Crippen molar-refractivity contribution in [2.24, 2.45) is 5.92 Å². The van der Waals surface area contributed by atoms with Crippen molar-refractivity contribution in [2.75, 3.05) is 26.7 Å². The zero-order valence-electron chi connectivity index (χ0n) is 28.4. The Kier molecular flexibility index (Phi) is 8.26. The first-order chi connectivity index (χ1) is 24.2. The molecule has 1 N–H and O–H groups in total. The Bertz CT molecular complexity index is 2190. The van der Waals surface area contributed by atoms with E-state index in [4.69, 9.17) is 14.4 Å². The molecule has 11 heteroatoms. The number of aliphatic carboxylic acids is 1. The Balaban J connectivity index is 1.06. The van der Waals surface area contributed by atoms with Gasteiger partial charge in [-0.1, -0.05) is 30.3 Å². The van der Waals surface area contributed by atoms with Crippen molar-refractivity contribution in [3.8, 4) is 39.2 Å². The second kappa shape index (κ2) is 12.8. The van der Waals surface area contributed by atoms with E-state index in [-0.39, 0.29) is 17.9 Å². The Hall–Kier alpha value is -4.89. The number of aromatic nitrogens is 2. The van der Waals surface area contributed by atoms with Gasteiger partial charge < -0.3 is 14.4 Å². The average molecular weight is 687 g/mol. The SMILES string of the molecule is Cc1c(-c2nc3cc(CN4CC[C@@H](C(=O)O)C4)cc(C#N)c3o2)cccc1-c1cccc(-c2nc3c(s2)CN(C(=O)C2CCCN2C)C3)c1C. The topological polar surface area (TPSA) is 127 Å². The number of carboxylic acid groups (broad SMARTS) is 1. The molecule has 0 spiro atoms. The maximum absolute atomic E-state index is 13.2. The van der Waals surface area contributed by atoms with Crippen molar-refractivity contribution in [3.05, 3.63) is 81.4 Å². The van der Waals surface area contributed by atoms with Crippen LogP contribution in [0.5, 0.6) is 0 Å². The lowest BCUT2D eigenvalue weighted by atomic mass is 9.91. The molecule has 3 aromatic carbocycles. The van der Waals surface area contributed by atoms with E-state index in [0.29, 0.717) is 61.7 Å². The molecule has 2 aromatic heterocycles. The molecular weight excluding hydrogens is 649 g/mol. The van der Waals surface area contributed by atoms with Gasteiger partial charge in [-0.2, -0.15) is 5.26 Å². The third-order valence-corrected chi connectivity index (χ3v) is 11.8. The summed E-state index contributed by atoms with van der Waals surface area (Å²) >= 11 is 1.68. The van der Waals surface area contributed by atoms with Gasteiger partial charge in [-0.3, -0.25) is 19.4 Å². The Morgan fingerprint density at radius 3 is 2.42 bits per heavy atom. The Morgan fingerprint density at radius 1 is 1.00 bits per heavy atom. The standard InChI is InChI=1S/C39H38N6O4S/c1-22-27(28-8-5-10-30(23(28)2)37-42-32-20-45(21-34(32)50-37)38(46)33-11-6-13-43(33)3)7-4-9-29(22)36-41-31-16-24(15-26(17-40)35(31)49-36)18-44-14-12-25(19-44)39(47)48/h4-5,7-10,15-16,25,33H,6,11-14,18-21H2,1-3H3,(H,47,48)/t25-,33?/m1/s1. The lowest BCUT2D eigenvalue weighted by Crippen LogP contribution is -2.41. The molecule has 254 valence electrons.